The SMILES string of the molecule is COc1ccc(C2(C)NC(=O)N(NC(=O)CSc3ccc(Cl)cc3)C2=O)cc1. The number of nitrogens with one attached hydrogen (secondary N) is 2. The number of halogens is 1. The summed E-state index contributed by atoms with van der Waals surface area (Å²) in [5.41, 5.74) is 1.67. The monoisotopic (exact) mass is 419 g/mol. The average Bonchev–Trinajstić information content (AvgIpc) is 2.91. The predicted octanol–water partition coefficient (Wildman–Crippen LogP) is 2.94. The topological polar surface area (TPSA) is 87.7 Å². The van der Waals surface area contributed by atoms with Crippen LogP contribution in [-0.4, -0.2) is 35.7 Å². The first-order valence-corrected chi connectivity index (χ1v) is 9.69. The van der Waals surface area contributed by atoms with Gasteiger partial charge in [-0.2, -0.15) is 5.01 Å². The molecule has 0 saturated carbocycles. The van der Waals surface area contributed by atoms with Crippen LogP contribution in [0, 0.1) is 0 Å². The Labute approximate surface area is 171 Å². The number of nitrogens with zero attached hydrogens (tertiary/aromatic N) is 1. The first-order valence-electron chi connectivity index (χ1n) is 8.32. The highest BCUT2D eigenvalue weighted by molar-refractivity contribution is 8.00. The van der Waals surface area contributed by atoms with Crippen molar-refractivity contribution in [2.24, 2.45) is 0 Å². The van der Waals surface area contributed by atoms with Crippen LogP contribution in [0.15, 0.2) is 53.4 Å². The number of amides is 4. The largest absolute Gasteiger partial charge is 0.497 e. The number of imide groups is 1. The fourth-order valence-electron chi connectivity index (χ4n) is 2.70. The maximum atomic E-state index is 12.8. The van der Waals surface area contributed by atoms with E-state index in [-0.39, 0.29) is 5.75 Å². The van der Waals surface area contributed by atoms with Gasteiger partial charge in [0.1, 0.15) is 11.3 Å². The van der Waals surface area contributed by atoms with Crippen LogP contribution in [0.2, 0.25) is 5.02 Å². The molecule has 9 heteroatoms. The van der Waals surface area contributed by atoms with Crippen LogP contribution in [-0.2, 0) is 15.1 Å². The number of carbonyl (C=O) groups excluding carboxylic acids is 3. The minimum Gasteiger partial charge on any atom is -0.497 e. The highest BCUT2D eigenvalue weighted by atomic mass is 35.5. The van der Waals surface area contributed by atoms with Gasteiger partial charge in [-0.25, -0.2) is 4.79 Å². The molecule has 0 spiro atoms. The Balaban J connectivity index is 1.65. The number of hydrogen-bond donors (Lipinski definition) is 2. The summed E-state index contributed by atoms with van der Waals surface area (Å²) >= 11 is 7.10. The predicted molar refractivity (Wildman–Crippen MR) is 106 cm³/mol. The number of hydrazine groups is 1. The van der Waals surface area contributed by atoms with Gasteiger partial charge in [-0.1, -0.05) is 23.7 Å². The molecule has 7 nitrogen and oxygen atoms in total. The van der Waals surface area contributed by atoms with E-state index in [9.17, 15) is 14.4 Å². The summed E-state index contributed by atoms with van der Waals surface area (Å²) in [6, 6.07) is 13.1. The smallest absolute Gasteiger partial charge is 0.344 e. The number of benzene rings is 2. The van der Waals surface area contributed by atoms with E-state index in [1.807, 2.05) is 0 Å². The zero-order valence-corrected chi connectivity index (χ0v) is 16.8. The summed E-state index contributed by atoms with van der Waals surface area (Å²) in [6.45, 7) is 1.59. The number of thioether (sulfide) groups is 1. The molecule has 146 valence electrons. The Morgan fingerprint density at radius 1 is 1.18 bits per heavy atom. The van der Waals surface area contributed by atoms with Crippen molar-refractivity contribution in [1.29, 1.82) is 0 Å². The van der Waals surface area contributed by atoms with Gasteiger partial charge >= 0.3 is 6.03 Å². The van der Waals surface area contributed by atoms with E-state index in [0.717, 1.165) is 9.90 Å². The molecule has 0 bridgehead atoms. The Hall–Kier alpha value is -2.71. The fourth-order valence-corrected chi connectivity index (χ4v) is 3.51. The van der Waals surface area contributed by atoms with E-state index >= 15 is 0 Å². The summed E-state index contributed by atoms with van der Waals surface area (Å²) in [5.74, 6) is -0.360. The number of ether oxygens (including phenoxy) is 1. The Bertz CT molecular complexity index is 904. The summed E-state index contributed by atoms with van der Waals surface area (Å²) in [7, 11) is 1.54. The van der Waals surface area contributed by atoms with Crippen LogP contribution in [0.5, 0.6) is 5.75 Å². The van der Waals surface area contributed by atoms with E-state index in [4.69, 9.17) is 16.3 Å². The lowest BCUT2D eigenvalue weighted by Crippen LogP contribution is -2.48. The van der Waals surface area contributed by atoms with Crippen LogP contribution in [0.1, 0.15) is 12.5 Å². The molecule has 1 atom stereocenters. The third kappa shape index (κ3) is 4.07. The van der Waals surface area contributed by atoms with Crippen LogP contribution in [0.25, 0.3) is 0 Å². The van der Waals surface area contributed by atoms with Crippen molar-refractivity contribution in [2.45, 2.75) is 17.4 Å². The molecular formula is C19H18ClN3O4S. The van der Waals surface area contributed by atoms with Gasteiger partial charge in [0.2, 0.25) is 5.91 Å². The summed E-state index contributed by atoms with van der Waals surface area (Å²) in [6.07, 6.45) is 0. The first-order chi connectivity index (χ1) is 13.3. The Kier molecular flexibility index (Phi) is 5.81. The van der Waals surface area contributed by atoms with E-state index in [1.165, 1.54) is 11.8 Å². The maximum absolute atomic E-state index is 12.8. The molecule has 1 fully saturated rings. The van der Waals surface area contributed by atoms with Gasteiger partial charge in [0.05, 0.1) is 12.9 Å². The highest BCUT2D eigenvalue weighted by Gasteiger charge is 2.50. The lowest BCUT2D eigenvalue weighted by molar-refractivity contribution is -0.138. The second-order valence-electron chi connectivity index (χ2n) is 6.20. The number of rotatable bonds is 6. The van der Waals surface area contributed by atoms with Crippen molar-refractivity contribution in [2.75, 3.05) is 12.9 Å². The molecule has 3 rings (SSSR count). The Morgan fingerprint density at radius 3 is 2.43 bits per heavy atom. The van der Waals surface area contributed by atoms with Crippen molar-refractivity contribution >= 4 is 41.2 Å². The second-order valence-corrected chi connectivity index (χ2v) is 7.69. The normalized spacial score (nSPS) is 18.8. The summed E-state index contributed by atoms with van der Waals surface area (Å²) < 4.78 is 5.11. The third-order valence-electron chi connectivity index (χ3n) is 4.28. The number of hydrogen-bond acceptors (Lipinski definition) is 5. The van der Waals surface area contributed by atoms with Gasteiger partial charge in [0.15, 0.2) is 0 Å². The van der Waals surface area contributed by atoms with E-state index in [2.05, 4.69) is 10.7 Å². The number of urea groups is 1. The van der Waals surface area contributed by atoms with Crippen molar-refractivity contribution in [1.82, 2.24) is 15.8 Å². The molecule has 1 heterocycles. The molecule has 0 radical (unpaired) electrons. The minimum absolute atomic E-state index is 0.0396. The second kappa shape index (κ2) is 8.12. The zero-order valence-electron chi connectivity index (χ0n) is 15.2. The first kappa shape index (κ1) is 20.0. The molecule has 28 heavy (non-hydrogen) atoms. The van der Waals surface area contributed by atoms with Crippen LogP contribution >= 0.6 is 23.4 Å². The molecule has 2 N–H and O–H groups in total. The molecule has 2 aromatic carbocycles. The quantitative estimate of drug-likeness (QED) is 0.555. The van der Waals surface area contributed by atoms with E-state index in [0.29, 0.717) is 16.3 Å². The highest BCUT2D eigenvalue weighted by Crippen LogP contribution is 2.29. The lowest BCUT2D eigenvalue weighted by Gasteiger charge is -2.22. The summed E-state index contributed by atoms with van der Waals surface area (Å²) in [5, 5.41) is 3.95. The molecule has 1 saturated heterocycles. The van der Waals surface area contributed by atoms with E-state index < -0.39 is 23.4 Å². The van der Waals surface area contributed by atoms with E-state index in [1.54, 1.807) is 62.6 Å². The van der Waals surface area contributed by atoms with Crippen LogP contribution in [0.3, 0.4) is 0 Å². The van der Waals surface area contributed by atoms with Crippen LogP contribution in [0.4, 0.5) is 4.79 Å². The lowest BCUT2D eigenvalue weighted by atomic mass is 9.92. The maximum Gasteiger partial charge on any atom is 0.344 e. The van der Waals surface area contributed by atoms with Gasteiger partial charge in [0.25, 0.3) is 5.91 Å². The van der Waals surface area contributed by atoms with Gasteiger partial charge < -0.3 is 10.1 Å². The standard InChI is InChI=1S/C19H18ClN3O4S/c1-19(12-3-7-14(27-2)8-4-12)17(25)23(18(26)21-19)22-16(24)11-28-15-9-5-13(20)6-10-15/h3-10H,11H2,1-2H3,(H,21,26)(H,22,24). The molecule has 4 amide bonds. The van der Waals surface area contributed by atoms with Crippen molar-refractivity contribution < 1.29 is 19.1 Å². The zero-order chi connectivity index (χ0) is 20.3. The number of methoxy groups -OCH3 is 1. The molecule has 1 aliphatic heterocycles. The summed E-state index contributed by atoms with van der Waals surface area (Å²) in [4.78, 5) is 38.2. The number of carbonyl (C=O) groups is 3. The molecule has 0 aliphatic carbocycles. The fraction of sp³-hybridized carbons (Fsp3) is 0.211. The van der Waals surface area contributed by atoms with Gasteiger partial charge in [0, 0.05) is 9.92 Å². The minimum atomic E-state index is -1.28. The molecule has 1 unspecified atom stereocenters. The van der Waals surface area contributed by atoms with Gasteiger partial charge in [-0.05, 0) is 48.9 Å². The molecule has 0 aromatic heterocycles. The Morgan fingerprint density at radius 2 is 1.82 bits per heavy atom. The molecule has 1 aliphatic rings. The third-order valence-corrected chi connectivity index (χ3v) is 5.54. The van der Waals surface area contributed by atoms with Crippen molar-refractivity contribution in [3.8, 4) is 5.75 Å². The van der Waals surface area contributed by atoms with Gasteiger partial charge in [-0.15, -0.1) is 11.8 Å². The average molecular weight is 420 g/mol. The molecule has 2 aromatic rings. The van der Waals surface area contributed by atoms with Crippen molar-refractivity contribution in [3.05, 3.63) is 59.1 Å². The van der Waals surface area contributed by atoms with Crippen molar-refractivity contribution in [3.63, 3.8) is 0 Å². The molecular weight excluding hydrogens is 402 g/mol. The van der Waals surface area contributed by atoms with Crippen LogP contribution < -0.4 is 15.5 Å². The van der Waals surface area contributed by atoms with Gasteiger partial charge in [-0.3, -0.25) is 15.0 Å².